The molecule has 0 aliphatic carbocycles. The molecule has 0 saturated carbocycles. The second-order valence-electron chi connectivity index (χ2n) is 5.38. The highest BCUT2D eigenvalue weighted by molar-refractivity contribution is 14.0. The third-order valence-corrected chi connectivity index (χ3v) is 3.71. The van der Waals surface area contributed by atoms with Crippen LogP contribution in [0.4, 0.5) is 0 Å². The van der Waals surface area contributed by atoms with Crippen molar-refractivity contribution < 1.29 is 4.74 Å². The molecule has 0 amide bonds. The second-order valence-corrected chi connectivity index (χ2v) is 5.38. The van der Waals surface area contributed by atoms with Crippen LogP contribution in [0.1, 0.15) is 25.0 Å². The van der Waals surface area contributed by atoms with Gasteiger partial charge in [0.25, 0.3) is 0 Å². The van der Waals surface area contributed by atoms with Gasteiger partial charge in [-0.05, 0) is 25.0 Å². The van der Waals surface area contributed by atoms with Gasteiger partial charge in [-0.2, -0.15) is 0 Å². The lowest BCUT2D eigenvalue weighted by Gasteiger charge is -2.27. The van der Waals surface area contributed by atoms with Crippen molar-refractivity contribution in [2.75, 3.05) is 39.4 Å². The van der Waals surface area contributed by atoms with Gasteiger partial charge < -0.3 is 15.4 Å². The quantitative estimate of drug-likeness (QED) is 0.411. The first kappa shape index (κ1) is 20.2. The molecule has 2 N–H and O–H groups in total. The van der Waals surface area contributed by atoms with E-state index in [9.17, 15) is 0 Å². The Kier molecular flexibility index (Phi) is 10.2. The zero-order valence-corrected chi connectivity index (χ0v) is 16.5. The first-order chi connectivity index (χ1) is 10.8. The molecule has 0 atom stereocenters. The van der Waals surface area contributed by atoms with Gasteiger partial charge in [-0.25, -0.2) is 4.99 Å². The van der Waals surface area contributed by atoms with Gasteiger partial charge in [0.1, 0.15) is 0 Å². The lowest BCUT2D eigenvalue weighted by atomic mass is 10.1. The van der Waals surface area contributed by atoms with E-state index in [4.69, 9.17) is 4.74 Å². The number of nitrogens with zero attached hydrogens (tertiary/aromatic N) is 2. The lowest BCUT2D eigenvalue weighted by Crippen LogP contribution is -2.37. The summed E-state index contributed by atoms with van der Waals surface area (Å²) in [4.78, 5) is 7.12. The van der Waals surface area contributed by atoms with E-state index in [1.807, 2.05) is 0 Å². The van der Waals surface area contributed by atoms with E-state index < -0.39 is 0 Å². The van der Waals surface area contributed by atoms with E-state index in [1.54, 1.807) is 0 Å². The van der Waals surface area contributed by atoms with Crippen molar-refractivity contribution in [2.24, 2.45) is 4.99 Å². The van der Waals surface area contributed by atoms with Crippen LogP contribution in [0.25, 0.3) is 0 Å². The standard InChI is InChI=1S/C17H28N4O.HI/c1-3-18-17(19-4-2)20-13-15-7-5-6-8-16(15)14-21-9-11-22-12-10-21;/h5-8H,3-4,9-14H2,1-2H3,(H2,18,19,20);1H. The number of morpholine rings is 1. The third kappa shape index (κ3) is 7.05. The first-order valence-corrected chi connectivity index (χ1v) is 8.22. The van der Waals surface area contributed by atoms with Gasteiger partial charge >= 0.3 is 0 Å². The van der Waals surface area contributed by atoms with Crippen molar-refractivity contribution >= 4 is 29.9 Å². The van der Waals surface area contributed by atoms with Crippen molar-refractivity contribution in [1.82, 2.24) is 15.5 Å². The first-order valence-electron chi connectivity index (χ1n) is 8.22. The number of hydrogen-bond donors (Lipinski definition) is 2. The molecule has 130 valence electrons. The SMILES string of the molecule is CCNC(=NCc1ccccc1CN1CCOCC1)NCC.I. The van der Waals surface area contributed by atoms with E-state index >= 15 is 0 Å². The summed E-state index contributed by atoms with van der Waals surface area (Å²) in [7, 11) is 0. The Morgan fingerprint density at radius 1 is 1.09 bits per heavy atom. The van der Waals surface area contributed by atoms with Gasteiger partial charge in [0.15, 0.2) is 5.96 Å². The van der Waals surface area contributed by atoms with E-state index in [0.29, 0.717) is 6.54 Å². The highest BCUT2D eigenvalue weighted by Crippen LogP contribution is 2.14. The van der Waals surface area contributed by atoms with Crippen molar-refractivity contribution in [2.45, 2.75) is 26.9 Å². The van der Waals surface area contributed by atoms with Crippen molar-refractivity contribution in [3.8, 4) is 0 Å². The lowest BCUT2D eigenvalue weighted by molar-refractivity contribution is 0.0341. The normalized spacial score (nSPS) is 14.7. The van der Waals surface area contributed by atoms with Crippen LogP contribution in [0.15, 0.2) is 29.3 Å². The Hall–Kier alpha value is -0.860. The minimum absolute atomic E-state index is 0. The number of rotatable bonds is 6. The highest BCUT2D eigenvalue weighted by Gasteiger charge is 2.12. The molecule has 2 rings (SSSR count). The average Bonchev–Trinajstić information content (AvgIpc) is 2.55. The Morgan fingerprint density at radius 3 is 2.30 bits per heavy atom. The molecule has 1 aromatic carbocycles. The zero-order chi connectivity index (χ0) is 15.6. The molecule has 0 radical (unpaired) electrons. The fraction of sp³-hybridized carbons (Fsp3) is 0.588. The van der Waals surface area contributed by atoms with E-state index in [0.717, 1.165) is 51.9 Å². The van der Waals surface area contributed by atoms with Crippen LogP contribution in [0.2, 0.25) is 0 Å². The predicted molar refractivity (Wildman–Crippen MR) is 106 cm³/mol. The summed E-state index contributed by atoms with van der Waals surface area (Å²) in [5.41, 5.74) is 2.66. The molecule has 6 heteroatoms. The van der Waals surface area contributed by atoms with E-state index in [1.165, 1.54) is 11.1 Å². The molecule has 1 fully saturated rings. The summed E-state index contributed by atoms with van der Waals surface area (Å²) in [6.45, 7) is 11.3. The summed E-state index contributed by atoms with van der Waals surface area (Å²) in [6.07, 6.45) is 0. The number of hydrogen-bond acceptors (Lipinski definition) is 3. The summed E-state index contributed by atoms with van der Waals surface area (Å²) < 4.78 is 5.42. The van der Waals surface area contributed by atoms with Crippen LogP contribution in [0, 0.1) is 0 Å². The minimum Gasteiger partial charge on any atom is -0.379 e. The Bertz CT molecular complexity index is 467. The number of nitrogens with one attached hydrogen (secondary N) is 2. The van der Waals surface area contributed by atoms with Crippen molar-refractivity contribution in [3.63, 3.8) is 0 Å². The maximum absolute atomic E-state index is 5.42. The Morgan fingerprint density at radius 2 is 1.70 bits per heavy atom. The maximum atomic E-state index is 5.42. The Labute approximate surface area is 156 Å². The van der Waals surface area contributed by atoms with Crippen LogP contribution in [0.5, 0.6) is 0 Å². The fourth-order valence-corrected chi connectivity index (χ4v) is 2.54. The number of ether oxygens (including phenoxy) is 1. The topological polar surface area (TPSA) is 48.9 Å². The van der Waals surface area contributed by atoms with Gasteiger partial charge in [-0.1, -0.05) is 24.3 Å². The van der Waals surface area contributed by atoms with Crippen molar-refractivity contribution in [3.05, 3.63) is 35.4 Å². The van der Waals surface area contributed by atoms with Gasteiger partial charge in [0.05, 0.1) is 19.8 Å². The summed E-state index contributed by atoms with van der Waals surface area (Å²) in [5, 5.41) is 6.53. The van der Waals surface area contributed by atoms with E-state index in [2.05, 4.69) is 58.6 Å². The molecule has 1 saturated heterocycles. The van der Waals surface area contributed by atoms with Crippen LogP contribution in [-0.4, -0.2) is 50.3 Å². The number of halogens is 1. The molecule has 0 unspecified atom stereocenters. The summed E-state index contributed by atoms with van der Waals surface area (Å²) in [6, 6.07) is 8.58. The van der Waals surface area contributed by atoms with Gasteiger partial charge in [-0.15, -0.1) is 24.0 Å². The number of guanidine groups is 1. The molecule has 1 heterocycles. The monoisotopic (exact) mass is 432 g/mol. The third-order valence-electron chi connectivity index (χ3n) is 3.71. The molecule has 0 bridgehead atoms. The van der Waals surface area contributed by atoms with Crippen LogP contribution in [-0.2, 0) is 17.8 Å². The predicted octanol–water partition coefficient (Wildman–Crippen LogP) is 2.21. The molecule has 0 aromatic heterocycles. The van der Waals surface area contributed by atoms with Crippen LogP contribution in [0.3, 0.4) is 0 Å². The highest BCUT2D eigenvalue weighted by atomic mass is 127. The average molecular weight is 432 g/mol. The van der Waals surface area contributed by atoms with Crippen LogP contribution < -0.4 is 10.6 Å². The molecule has 1 aliphatic heterocycles. The molecule has 1 aliphatic rings. The van der Waals surface area contributed by atoms with Crippen LogP contribution >= 0.6 is 24.0 Å². The molecule has 5 nitrogen and oxygen atoms in total. The molecule has 23 heavy (non-hydrogen) atoms. The maximum Gasteiger partial charge on any atom is 0.191 e. The molecule has 0 spiro atoms. The van der Waals surface area contributed by atoms with Gasteiger partial charge in [0, 0.05) is 32.7 Å². The largest absolute Gasteiger partial charge is 0.379 e. The Balaban J connectivity index is 0.00000264. The zero-order valence-electron chi connectivity index (χ0n) is 14.2. The molecular weight excluding hydrogens is 403 g/mol. The number of benzene rings is 1. The van der Waals surface area contributed by atoms with Crippen molar-refractivity contribution in [1.29, 1.82) is 0 Å². The molecule has 1 aromatic rings. The fourth-order valence-electron chi connectivity index (χ4n) is 2.54. The summed E-state index contributed by atoms with van der Waals surface area (Å²) in [5.74, 6) is 0.881. The minimum atomic E-state index is 0. The summed E-state index contributed by atoms with van der Waals surface area (Å²) >= 11 is 0. The van der Waals surface area contributed by atoms with Gasteiger partial charge in [-0.3, -0.25) is 4.90 Å². The smallest absolute Gasteiger partial charge is 0.191 e. The molecular formula is C17H29IN4O. The number of aliphatic imine (C=N–C) groups is 1. The van der Waals surface area contributed by atoms with E-state index in [-0.39, 0.29) is 24.0 Å². The van der Waals surface area contributed by atoms with Gasteiger partial charge in [0.2, 0.25) is 0 Å². The second kappa shape index (κ2) is 11.6.